The first-order valence-corrected chi connectivity index (χ1v) is 9.93. The molecule has 1 saturated heterocycles. The van der Waals surface area contributed by atoms with Crippen LogP contribution < -0.4 is 5.32 Å². The molecule has 30 heavy (non-hydrogen) atoms. The fourth-order valence-corrected chi connectivity index (χ4v) is 3.71. The van der Waals surface area contributed by atoms with Crippen molar-refractivity contribution in [2.45, 2.75) is 19.0 Å². The molecule has 3 aromatic rings. The number of nitrogens with zero attached hydrogens (tertiary/aromatic N) is 3. The van der Waals surface area contributed by atoms with Crippen LogP contribution in [0.1, 0.15) is 12.0 Å². The molecule has 2 aromatic carbocycles. The number of hydrogen-bond donors (Lipinski definition) is 1. The minimum absolute atomic E-state index is 0.0236. The smallest absolute Gasteiger partial charge is 0.307 e. The summed E-state index contributed by atoms with van der Waals surface area (Å²) in [5.74, 6) is -0.548. The Hall–Kier alpha value is -3.45. The standard InChI is InChI=1S/C23H24N4O3/c1-30-21(28)14-20-23(29)24-12-13-26(20)15-18-16-27(19-10-6-3-7-11-19)25-22(18)17-8-4-2-5-9-17/h2-11,16,20H,12-15H2,1H3,(H,24,29)/t20-/m1/s1. The Balaban J connectivity index is 1.69. The van der Waals surface area contributed by atoms with E-state index in [1.54, 1.807) is 0 Å². The zero-order chi connectivity index (χ0) is 20.9. The summed E-state index contributed by atoms with van der Waals surface area (Å²) in [4.78, 5) is 26.3. The number of amides is 1. The Labute approximate surface area is 175 Å². The SMILES string of the molecule is COC(=O)C[C@@H]1C(=O)NCCN1Cc1cn(-c2ccccc2)nc1-c1ccccc1. The first-order chi connectivity index (χ1) is 14.7. The van der Waals surface area contributed by atoms with Gasteiger partial charge in [-0.2, -0.15) is 5.10 Å². The number of ether oxygens (including phenoxy) is 1. The maximum absolute atomic E-state index is 12.4. The van der Waals surface area contributed by atoms with Gasteiger partial charge in [-0.25, -0.2) is 4.68 Å². The van der Waals surface area contributed by atoms with E-state index in [0.29, 0.717) is 19.6 Å². The van der Waals surface area contributed by atoms with E-state index in [-0.39, 0.29) is 12.3 Å². The van der Waals surface area contributed by atoms with Crippen LogP contribution in [0.15, 0.2) is 66.9 Å². The zero-order valence-electron chi connectivity index (χ0n) is 16.8. The van der Waals surface area contributed by atoms with Crippen molar-refractivity contribution in [1.82, 2.24) is 20.0 Å². The molecular weight excluding hydrogens is 380 g/mol. The topological polar surface area (TPSA) is 76.5 Å². The summed E-state index contributed by atoms with van der Waals surface area (Å²) in [6, 6.07) is 19.3. The van der Waals surface area contributed by atoms with Crippen LogP contribution in [0.5, 0.6) is 0 Å². The number of esters is 1. The maximum Gasteiger partial charge on any atom is 0.307 e. The number of carbonyl (C=O) groups is 2. The van der Waals surface area contributed by atoms with Crippen LogP contribution in [0, 0.1) is 0 Å². The van der Waals surface area contributed by atoms with E-state index in [2.05, 4.69) is 5.32 Å². The van der Waals surface area contributed by atoms with Crippen molar-refractivity contribution >= 4 is 11.9 Å². The molecule has 1 atom stereocenters. The second kappa shape index (κ2) is 8.92. The Bertz CT molecular complexity index is 1020. The van der Waals surface area contributed by atoms with Gasteiger partial charge in [-0.1, -0.05) is 48.5 Å². The van der Waals surface area contributed by atoms with Crippen LogP contribution in [0.25, 0.3) is 16.9 Å². The van der Waals surface area contributed by atoms with Crippen molar-refractivity contribution in [3.8, 4) is 16.9 Å². The summed E-state index contributed by atoms with van der Waals surface area (Å²) in [7, 11) is 1.34. The lowest BCUT2D eigenvalue weighted by Crippen LogP contribution is -2.55. The molecule has 0 unspecified atom stereocenters. The van der Waals surface area contributed by atoms with Crippen molar-refractivity contribution in [1.29, 1.82) is 0 Å². The molecule has 1 aliphatic heterocycles. The highest BCUT2D eigenvalue weighted by Gasteiger charge is 2.32. The second-order valence-corrected chi connectivity index (χ2v) is 7.21. The minimum atomic E-state index is -0.560. The number of para-hydroxylation sites is 1. The molecule has 7 heteroatoms. The highest BCUT2D eigenvalue weighted by Crippen LogP contribution is 2.26. The molecule has 1 N–H and O–H groups in total. The largest absolute Gasteiger partial charge is 0.469 e. The average Bonchev–Trinajstić information content (AvgIpc) is 3.21. The van der Waals surface area contributed by atoms with Gasteiger partial charge < -0.3 is 10.1 Å². The molecular formula is C23H24N4O3. The van der Waals surface area contributed by atoms with Gasteiger partial charge in [-0.15, -0.1) is 0 Å². The predicted molar refractivity (Wildman–Crippen MR) is 113 cm³/mol. The van der Waals surface area contributed by atoms with E-state index in [1.807, 2.05) is 76.4 Å². The van der Waals surface area contributed by atoms with Gasteiger partial charge in [-0.05, 0) is 12.1 Å². The van der Waals surface area contributed by atoms with Gasteiger partial charge in [0.1, 0.15) is 6.04 Å². The van der Waals surface area contributed by atoms with Gasteiger partial charge in [0, 0.05) is 37.0 Å². The van der Waals surface area contributed by atoms with Crippen molar-refractivity contribution in [3.05, 3.63) is 72.4 Å². The second-order valence-electron chi connectivity index (χ2n) is 7.21. The molecule has 1 aromatic heterocycles. The first-order valence-electron chi connectivity index (χ1n) is 9.93. The monoisotopic (exact) mass is 404 g/mol. The minimum Gasteiger partial charge on any atom is -0.469 e. The number of methoxy groups -OCH3 is 1. The summed E-state index contributed by atoms with van der Waals surface area (Å²) in [6.07, 6.45) is 2.02. The van der Waals surface area contributed by atoms with Gasteiger partial charge in [0.05, 0.1) is 24.9 Å². The van der Waals surface area contributed by atoms with Crippen LogP contribution in [-0.2, 0) is 20.9 Å². The Morgan fingerprint density at radius 3 is 2.53 bits per heavy atom. The van der Waals surface area contributed by atoms with Crippen molar-refractivity contribution in [2.75, 3.05) is 20.2 Å². The lowest BCUT2D eigenvalue weighted by molar-refractivity contribution is -0.146. The molecule has 1 amide bonds. The van der Waals surface area contributed by atoms with Crippen molar-refractivity contribution < 1.29 is 14.3 Å². The Morgan fingerprint density at radius 1 is 1.13 bits per heavy atom. The van der Waals surface area contributed by atoms with Crippen LogP contribution >= 0.6 is 0 Å². The molecule has 0 radical (unpaired) electrons. The number of rotatable bonds is 6. The van der Waals surface area contributed by atoms with Gasteiger partial charge in [0.15, 0.2) is 0 Å². The third kappa shape index (κ3) is 4.26. The summed E-state index contributed by atoms with van der Waals surface area (Å²) in [5.41, 5.74) is 3.83. The fourth-order valence-electron chi connectivity index (χ4n) is 3.71. The van der Waals surface area contributed by atoms with Gasteiger partial charge in [0.2, 0.25) is 5.91 Å². The average molecular weight is 404 g/mol. The molecule has 0 bridgehead atoms. The van der Waals surface area contributed by atoms with Crippen LogP contribution in [0.4, 0.5) is 0 Å². The molecule has 0 spiro atoms. The molecule has 1 aliphatic rings. The molecule has 4 rings (SSSR count). The molecule has 0 aliphatic carbocycles. The summed E-state index contributed by atoms with van der Waals surface area (Å²) in [6.45, 7) is 1.70. The highest BCUT2D eigenvalue weighted by molar-refractivity contribution is 5.87. The molecule has 0 saturated carbocycles. The van der Waals surface area contributed by atoms with E-state index in [0.717, 1.165) is 22.5 Å². The van der Waals surface area contributed by atoms with Crippen LogP contribution in [-0.4, -0.2) is 52.8 Å². The Morgan fingerprint density at radius 2 is 1.83 bits per heavy atom. The summed E-state index contributed by atoms with van der Waals surface area (Å²) >= 11 is 0. The van der Waals surface area contributed by atoms with Gasteiger partial charge in [0.25, 0.3) is 0 Å². The van der Waals surface area contributed by atoms with E-state index in [4.69, 9.17) is 9.84 Å². The summed E-state index contributed by atoms with van der Waals surface area (Å²) < 4.78 is 6.65. The molecule has 1 fully saturated rings. The lowest BCUT2D eigenvalue weighted by Gasteiger charge is -2.34. The van der Waals surface area contributed by atoms with Crippen molar-refractivity contribution in [2.24, 2.45) is 0 Å². The van der Waals surface area contributed by atoms with Crippen molar-refractivity contribution in [3.63, 3.8) is 0 Å². The number of carbonyl (C=O) groups excluding carboxylic acids is 2. The third-order valence-corrected chi connectivity index (χ3v) is 5.26. The van der Waals surface area contributed by atoms with Gasteiger partial charge in [-0.3, -0.25) is 14.5 Å². The first kappa shape index (κ1) is 19.8. The van der Waals surface area contributed by atoms with Gasteiger partial charge >= 0.3 is 5.97 Å². The number of piperazine rings is 1. The number of hydrogen-bond acceptors (Lipinski definition) is 5. The summed E-state index contributed by atoms with van der Waals surface area (Å²) in [5, 5.41) is 7.68. The maximum atomic E-state index is 12.4. The van der Waals surface area contributed by atoms with E-state index in [9.17, 15) is 9.59 Å². The lowest BCUT2D eigenvalue weighted by atomic mass is 10.0. The fraction of sp³-hybridized carbons (Fsp3) is 0.261. The zero-order valence-corrected chi connectivity index (χ0v) is 16.8. The van der Waals surface area contributed by atoms with E-state index in [1.165, 1.54) is 7.11 Å². The molecule has 154 valence electrons. The number of benzene rings is 2. The van der Waals surface area contributed by atoms with Crippen LogP contribution in [0.3, 0.4) is 0 Å². The number of nitrogens with one attached hydrogen (secondary N) is 1. The predicted octanol–water partition coefficient (Wildman–Crippen LogP) is 2.40. The quantitative estimate of drug-likeness (QED) is 0.639. The third-order valence-electron chi connectivity index (χ3n) is 5.26. The highest BCUT2D eigenvalue weighted by atomic mass is 16.5. The Kier molecular flexibility index (Phi) is 5.90. The normalized spacial score (nSPS) is 16.8. The molecule has 2 heterocycles. The van der Waals surface area contributed by atoms with Crippen LogP contribution in [0.2, 0.25) is 0 Å². The molecule has 7 nitrogen and oxygen atoms in total. The number of aromatic nitrogens is 2. The van der Waals surface area contributed by atoms with E-state index >= 15 is 0 Å². The van der Waals surface area contributed by atoms with E-state index < -0.39 is 12.0 Å².